The van der Waals surface area contributed by atoms with Gasteiger partial charge in [0.25, 0.3) is 0 Å². The van der Waals surface area contributed by atoms with E-state index in [4.69, 9.17) is 5.11 Å². The Balaban J connectivity index is 0.000000296. The zero-order chi connectivity index (χ0) is 12.2. The number of hydrogen-bond acceptors (Lipinski definition) is 1. The minimum absolute atomic E-state index is 0. The minimum atomic E-state index is -0.757. The summed E-state index contributed by atoms with van der Waals surface area (Å²) in [6.07, 6.45) is 0. The molecular weight excluding hydrogens is 291 g/mol. The van der Waals surface area contributed by atoms with Gasteiger partial charge in [0.2, 0.25) is 0 Å². The van der Waals surface area contributed by atoms with Gasteiger partial charge in [-0.25, -0.2) is 0 Å². The van der Waals surface area contributed by atoms with Gasteiger partial charge in [0.15, 0.2) is 0 Å². The second kappa shape index (κ2) is 6.81. The van der Waals surface area contributed by atoms with Crippen molar-refractivity contribution in [2.45, 2.75) is 20.8 Å². The van der Waals surface area contributed by atoms with Crippen molar-refractivity contribution in [1.82, 2.24) is 0 Å². The Morgan fingerprint density at radius 2 is 1.71 bits per heavy atom. The summed E-state index contributed by atoms with van der Waals surface area (Å²) >= 11 is 0. The van der Waals surface area contributed by atoms with E-state index >= 15 is 0 Å². The number of carbonyl (C=O) groups is 1. The largest absolute Gasteiger partial charge is 0.481 e. The first-order valence-corrected chi connectivity index (χ1v) is 5.25. The van der Waals surface area contributed by atoms with Crippen LogP contribution in [0.2, 0.25) is 0 Å². The molecule has 17 heavy (non-hydrogen) atoms. The van der Waals surface area contributed by atoms with Crippen molar-refractivity contribution in [2.24, 2.45) is 5.41 Å². The van der Waals surface area contributed by atoms with Crippen LogP contribution in [0.25, 0.3) is 10.8 Å². The van der Waals surface area contributed by atoms with Crippen LogP contribution in [0, 0.1) is 5.41 Å². The number of fused-ring (bicyclic) bond motifs is 1. The molecule has 0 radical (unpaired) electrons. The third kappa shape index (κ3) is 5.36. The Labute approximate surface area is 121 Å². The second-order valence-corrected chi connectivity index (χ2v) is 4.71. The maximum atomic E-state index is 10.0. The van der Waals surface area contributed by atoms with E-state index in [-0.39, 0.29) is 26.2 Å². The molecule has 3 heteroatoms. The van der Waals surface area contributed by atoms with Gasteiger partial charge in [-0.3, -0.25) is 4.79 Å². The summed E-state index contributed by atoms with van der Waals surface area (Å²) in [5, 5.41) is 10.9. The summed E-state index contributed by atoms with van der Waals surface area (Å²) in [4.78, 5) is 10.0. The van der Waals surface area contributed by atoms with Crippen molar-refractivity contribution >= 4 is 16.7 Å². The van der Waals surface area contributed by atoms with Crippen LogP contribution in [0.4, 0.5) is 0 Å². The molecule has 1 N–H and O–H groups in total. The summed E-state index contributed by atoms with van der Waals surface area (Å²) in [5.41, 5.74) is -0.583. The van der Waals surface area contributed by atoms with Crippen LogP contribution in [0.1, 0.15) is 20.8 Å². The van der Waals surface area contributed by atoms with Crippen LogP contribution in [0.3, 0.4) is 0 Å². The Morgan fingerprint density at radius 3 is 2.18 bits per heavy atom. The summed E-state index contributed by atoms with van der Waals surface area (Å²) < 4.78 is 0. The van der Waals surface area contributed by atoms with Gasteiger partial charge < -0.3 is 5.11 Å². The monoisotopic (exact) mass is 307 g/mol. The summed E-state index contributed by atoms with van der Waals surface area (Å²) in [7, 11) is 0. The molecule has 2 nitrogen and oxygen atoms in total. The number of hydrogen-bond donors (Lipinski definition) is 1. The normalized spacial score (nSPS) is 10.1. The smallest absolute Gasteiger partial charge is 0.308 e. The molecule has 0 aromatic heterocycles. The van der Waals surface area contributed by atoms with Gasteiger partial charge in [-0.05, 0) is 20.8 Å². The molecule has 0 spiro atoms. The topological polar surface area (TPSA) is 37.3 Å². The molecule has 0 bridgehead atoms. The van der Waals surface area contributed by atoms with E-state index in [0.717, 1.165) is 0 Å². The number of benzene rings is 1. The fourth-order valence-corrected chi connectivity index (χ4v) is 1.07. The third-order valence-electron chi connectivity index (χ3n) is 2.19. The van der Waals surface area contributed by atoms with Crippen molar-refractivity contribution in [3.8, 4) is 0 Å². The van der Waals surface area contributed by atoms with Gasteiger partial charge in [0.1, 0.15) is 0 Å². The Morgan fingerprint density at radius 1 is 1.18 bits per heavy atom. The van der Waals surface area contributed by atoms with E-state index in [1.807, 2.05) is 0 Å². The fourth-order valence-electron chi connectivity index (χ4n) is 1.07. The van der Waals surface area contributed by atoms with Crippen molar-refractivity contribution in [2.75, 3.05) is 0 Å². The molecule has 2 aromatic carbocycles. The first-order chi connectivity index (χ1) is 7.41. The molecule has 2 aromatic rings. The van der Waals surface area contributed by atoms with Gasteiger partial charge in [0, 0.05) is 26.2 Å². The standard InChI is InChI=1S/C9H7.C5H10O2.Zr/c1-2-5-9-7-3-6-8(9)4-1;1-5(2,3)4(6)7;/h1-7H;1-3H3,(H,6,7);/q-1;;. The molecular formula is C14H17O2Zr-. The van der Waals surface area contributed by atoms with Gasteiger partial charge in [-0.2, -0.15) is 17.5 Å². The average Bonchev–Trinajstić information content (AvgIpc) is 2.64. The van der Waals surface area contributed by atoms with Crippen LogP contribution in [-0.2, 0) is 31.0 Å². The maximum absolute atomic E-state index is 10.0. The first-order valence-electron chi connectivity index (χ1n) is 5.25. The summed E-state index contributed by atoms with van der Waals surface area (Å²) in [6.45, 7) is 4.99. The van der Waals surface area contributed by atoms with Gasteiger partial charge >= 0.3 is 5.97 Å². The zero-order valence-corrected chi connectivity index (χ0v) is 12.9. The average molecular weight is 309 g/mol. The van der Waals surface area contributed by atoms with Crippen molar-refractivity contribution in [1.29, 1.82) is 0 Å². The van der Waals surface area contributed by atoms with Gasteiger partial charge in [-0.1, -0.05) is 6.07 Å². The molecule has 0 aliphatic heterocycles. The van der Waals surface area contributed by atoms with Gasteiger partial charge in [-0.15, -0.1) is 29.7 Å². The number of carboxylic acids is 1. The molecule has 2 rings (SSSR count). The Kier molecular flexibility index (Phi) is 6.48. The molecule has 0 saturated heterocycles. The number of carboxylic acid groups (broad SMARTS) is 1. The predicted molar refractivity (Wildman–Crippen MR) is 66.6 cm³/mol. The SMILES string of the molecule is CC(C)(C)C(=O)O.[Zr].c1ccc2[cH-]ccc2c1. The molecule has 0 saturated carbocycles. The molecule has 0 fully saturated rings. The molecule has 0 atom stereocenters. The first kappa shape index (κ1) is 16.2. The second-order valence-electron chi connectivity index (χ2n) is 4.71. The Bertz CT molecular complexity index is 436. The molecule has 90 valence electrons. The molecule has 0 amide bonds. The fraction of sp³-hybridized carbons (Fsp3) is 0.286. The summed E-state index contributed by atoms with van der Waals surface area (Å²) in [6, 6.07) is 14.7. The molecule has 0 aliphatic carbocycles. The van der Waals surface area contributed by atoms with Gasteiger partial charge in [0.05, 0.1) is 5.41 Å². The minimum Gasteiger partial charge on any atom is -0.481 e. The van der Waals surface area contributed by atoms with E-state index in [1.54, 1.807) is 20.8 Å². The molecule has 0 heterocycles. The summed E-state index contributed by atoms with van der Waals surface area (Å²) in [5.74, 6) is -0.757. The Hall–Kier alpha value is -0.817. The molecule has 0 aliphatic rings. The van der Waals surface area contributed by atoms with E-state index in [2.05, 4.69) is 42.5 Å². The van der Waals surface area contributed by atoms with Crippen LogP contribution >= 0.6 is 0 Å². The predicted octanol–water partition coefficient (Wildman–Crippen LogP) is 3.67. The van der Waals surface area contributed by atoms with Crippen molar-refractivity contribution < 1.29 is 36.1 Å². The maximum Gasteiger partial charge on any atom is 0.308 e. The van der Waals surface area contributed by atoms with Crippen LogP contribution in [-0.4, -0.2) is 11.1 Å². The number of rotatable bonds is 0. The van der Waals surface area contributed by atoms with Crippen LogP contribution in [0.15, 0.2) is 42.5 Å². The zero-order valence-electron chi connectivity index (χ0n) is 10.4. The molecule has 0 unspecified atom stereocenters. The van der Waals surface area contributed by atoms with E-state index in [1.165, 1.54) is 10.8 Å². The van der Waals surface area contributed by atoms with E-state index in [9.17, 15) is 4.79 Å². The van der Waals surface area contributed by atoms with Crippen molar-refractivity contribution in [3.63, 3.8) is 0 Å². The van der Waals surface area contributed by atoms with E-state index < -0.39 is 11.4 Å². The van der Waals surface area contributed by atoms with Crippen LogP contribution < -0.4 is 0 Å². The third-order valence-corrected chi connectivity index (χ3v) is 2.19. The van der Waals surface area contributed by atoms with E-state index in [0.29, 0.717) is 0 Å². The number of aliphatic carboxylic acids is 1. The quantitative estimate of drug-likeness (QED) is 0.754. The van der Waals surface area contributed by atoms with Crippen molar-refractivity contribution in [3.05, 3.63) is 42.5 Å². The van der Waals surface area contributed by atoms with Crippen LogP contribution in [0.5, 0.6) is 0 Å².